The number of hydrogen-bond acceptors (Lipinski definition) is 3. The predicted octanol–water partition coefficient (Wildman–Crippen LogP) is 3.67. The van der Waals surface area contributed by atoms with Crippen LogP contribution in [0.5, 0.6) is 5.75 Å². The van der Waals surface area contributed by atoms with E-state index in [1.165, 1.54) is 19.1 Å². The standard InChI is InChI=1S/C18H25NO2/c1-15-7-9-18(14-20,10-8-15)13-19-11-4-12-21-17-6-3-2-5-16(17)19/h2-3,5-6,14-15H,4,7-13H2,1H3. The minimum Gasteiger partial charge on any atom is -0.491 e. The lowest BCUT2D eigenvalue weighted by Crippen LogP contribution is -2.41. The van der Waals surface area contributed by atoms with Crippen molar-refractivity contribution in [3.05, 3.63) is 24.3 Å². The molecular formula is C18H25NO2. The summed E-state index contributed by atoms with van der Waals surface area (Å²) in [7, 11) is 0. The summed E-state index contributed by atoms with van der Waals surface area (Å²) in [5, 5.41) is 0. The van der Waals surface area contributed by atoms with Crippen LogP contribution in [0.1, 0.15) is 39.0 Å². The van der Waals surface area contributed by atoms with Crippen LogP contribution in [0.25, 0.3) is 0 Å². The molecule has 21 heavy (non-hydrogen) atoms. The normalized spacial score (nSPS) is 29.2. The summed E-state index contributed by atoms with van der Waals surface area (Å²) in [5.41, 5.74) is 0.985. The molecule has 0 aromatic heterocycles. The SMILES string of the molecule is CC1CCC(C=O)(CN2CCCOc3ccccc32)CC1. The Morgan fingerprint density at radius 1 is 1.33 bits per heavy atom. The maximum absolute atomic E-state index is 11.8. The molecule has 1 aromatic rings. The van der Waals surface area contributed by atoms with E-state index in [-0.39, 0.29) is 5.41 Å². The van der Waals surface area contributed by atoms with Crippen LogP contribution in [0.3, 0.4) is 0 Å². The molecule has 1 aliphatic heterocycles. The van der Waals surface area contributed by atoms with E-state index in [9.17, 15) is 4.79 Å². The second-order valence-corrected chi connectivity index (χ2v) is 6.75. The molecule has 0 unspecified atom stereocenters. The van der Waals surface area contributed by atoms with Crippen LogP contribution in [0, 0.1) is 11.3 Å². The van der Waals surface area contributed by atoms with E-state index in [0.717, 1.165) is 56.3 Å². The van der Waals surface area contributed by atoms with Gasteiger partial charge in [-0.15, -0.1) is 0 Å². The first-order valence-electron chi connectivity index (χ1n) is 8.16. The highest BCUT2D eigenvalue weighted by Crippen LogP contribution is 2.40. The molecule has 1 heterocycles. The minimum absolute atomic E-state index is 0.163. The van der Waals surface area contributed by atoms with Crippen LogP contribution in [0.2, 0.25) is 0 Å². The third-order valence-corrected chi connectivity index (χ3v) is 5.06. The van der Waals surface area contributed by atoms with Gasteiger partial charge < -0.3 is 14.4 Å². The molecule has 3 heteroatoms. The summed E-state index contributed by atoms with van der Waals surface area (Å²) < 4.78 is 5.82. The number of aldehydes is 1. The summed E-state index contributed by atoms with van der Waals surface area (Å²) in [6.45, 7) is 4.87. The van der Waals surface area contributed by atoms with Crippen LogP contribution < -0.4 is 9.64 Å². The van der Waals surface area contributed by atoms with Gasteiger partial charge in [0.1, 0.15) is 12.0 Å². The van der Waals surface area contributed by atoms with Crippen LogP contribution in [-0.4, -0.2) is 26.0 Å². The second kappa shape index (κ2) is 6.08. The number of carbonyl (C=O) groups excluding carboxylic acids is 1. The monoisotopic (exact) mass is 287 g/mol. The maximum Gasteiger partial charge on any atom is 0.142 e. The third-order valence-electron chi connectivity index (χ3n) is 5.06. The number of rotatable bonds is 3. The molecule has 114 valence electrons. The van der Waals surface area contributed by atoms with Gasteiger partial charge in [0.2, 0.25) is 0 Å². The summed E-state index contributed by atoms with van der Waals surface area (Å²) in [4.78, 5) is 14.2. The topological polar surface area (TPSA) is 29.5 Å². The van der Waals surface area contributed by atoms with E-state index in [2.05, 4.69) is 24.0 Å². The van der Waals surface area contributed by atoms with E-state index in [1.54, 1.807) is 0 Å². The fourth-order valence-corrected chi connectivity index (χ4v) is 3.59. The molecule has 0 amide bonds. The van der Waals surface area contributed by atoms with Crippen molar-refractivity contribution >= 4 is 12.0 Å². The molecule has 1 aromatic carbocycles. The number of benzene rings is 1. The maximum atomic E-state index is 11.8. The highest BCUT2D eigenvalue weighted by molar-refractivity contribution is 5.64. The summed E-state index contributed by atoms with van der Waals surface area (Å²) in [5.74, 6) is 1.72. The summed E-state index contributed by atoms with van der Waals surface area (Å²) >= 11 is 0. The predicted molar refractivity (Wildman–Crippen MR) is 84.9 cm³/mol. The van der Waals surface area contributed by atoms with Gasteiger partial charge in [-0.1, -0.05) is 19.1 Å². The minimum atomic E-state index is -0.163. The van der Waals surface area contributed by atoms with Gasteiger partial charge in [0.05, 0.1) is 12.3 Å². The fourth-order valence-electron chi connectivity index (χ4n) is 3.59. The van der Waals surface area contributed by atoms with Crippen LogP contribution in [0.15, 0.2) is 24.3 Å². The Kier molecular flexibility index (Phi) is 4.18. The first-order chi connectivity index (χ1) is 10.2. The number of nitrogens with zero attached hydrogens (tertiary/aromatic N) is 1. The third kappa shape index (κ3) is 3.07. The van der Waals surface area contributed by atoms with Crippen LogP contribution >= 0.6 is 0 Å². The van der Waals surface area contributed by atoms with Crippen LogP contribution in [0.4, 0.5) is 5.69 Å². The van der Waals surface area contributed by atoms with Gasteiger partial charge in [0.25, 0.3) is 0 Å². The number of anilines is 1. The number of carbonyl (C=O) groups is 1. The Balaban J connectivity index is 1.81. The van der Waals surface area contributed by atoms with E-state index in [1.807, 2.05) is 12.1 Å². The second-order valence-electron chi connectivity index (χ2n) is 6.75. The lowest BCUT2D eigenvalue weighted by molar-refractivity contribution is -0.117. The smallest absolute Gasteiger partial charge is 0.142 e. The van der Waals surface area contributed by atoms with Gasteiger partial charge in [0.15, 0.2) is 0 Å². The van der Waals surface area contributed by atoms with E-state index in [0.29, 0.717) is 0 Å². The first-order valence-corrected chi connectivity index (χ1v) is 8.16. The molecule has 0 radical (unpaired) electrons. The van der Waals surface area contributed by atoms with Crippen molar-refractivity contribution in [3.63, 3.8) is 0 Å². The molecule has 2 aliphatic rings. The lowest BCUT2D eigenvalue weighted by atomic mass is 9.71. The van der Waals surface area contributed by atoms with Crippen molar-refractivity contribution in [1.82, 2.24) is 0 Å². The molecule has 0 atom stereocenters. The highest BCUT2D eigenvalue weighted by Gasteiger charge is 2.36. The number of hydrogen-bond donors (Lipinski definition) is 0. The van der Waals surface area contributed by atoms with Crippen molar-refractivity contribution in [1.29, 1.82) is 0 Å². The lowest BCUT2D eigenvalue weighted by Gasteiger charge is -2.39. The highest BCUT2D eigenvalue weighted by atomic mass is 16.5. The van der Waals surface area contributed by atoms with Crippen LogP contribution in [-0.2, 0) is 4.79 Å². The summed E-state index contributed by atoms with van der Waals surface area (Å²) in [6.07, 6.45) is 6.64. The Labute approximate surface area is 127 Å². The zero-order chi connectivity index (χ0) is 14.7. The van der Waals surface area contributed by atoms with Gasteiger partial charge >= 0.3 is 0 Å². The van der Waals surface area contributed by atoms with Crippen molar-refractivity contribution in [2.75, 3.05) is 24.6 Å². The molecule has 1 fully saturated rings. The summed E-state index contributed by atoms with van der Waals surface area (Å²) in [6, 6.07) is 8.21. The zero-order valence-electron chi connectivity index (χ0n) is 12.9. The molecule has 1 aliphatic carbocycles. The molecule has 3 rings (SSSR count). The Hall–Kier alpha value is -1.51. The van der Waals surface area contributed by atoms with E-state index in [4.69, 9.17) is 4.74 Å². The quantitative estimate of drug-likeness (QED) is 0.794. The molecule has 0 bridgehead atoms. The number of ether oxygens (including phenoxy) is 1. The Bertz CT molecular complexity index is 492. The largest absolute Gasteiger partial charge is 0.491 e. The average Bonchev–Trinajstić information content (AvgIpc) is 2.73. The fraction of sp³-hybridized carbons (Fsp3) is 0.611. The molecule has 3 nitrogen and oxygen atoms in total. The molecule has 0 N–H and O–H groups in total. The van der Waals surface area contributed by atoms with Crippen molar-refractivity contribution < 1.29 is 9.53 Å². The molecule has 0 saturated heterocycles. The zero-order valence-corrected chi connectivity index (χ0v) is 12.9. The Morgan fingerprint density at radius 2 is 2.10 bits per heavy atom. The van der Waals surface area contributed by atoms with Crippen molar-refractivity contribution in [3.8, 4) is 5.75 Å². The van der Waals surface area contributed by atoms with Gasteiger partial charge in [-0.3, -0.25) is 0 Å². The average molecular weight is 287 g/mol. The van der Waals surface area contributed by atoms with Crippen molar-refractivity contribution in [2.24, 2.45) is 11.3 Å². The van der Waals surface area contributed by atoms with Gasteiger partial charge in [0, 0.05) is 18.5 Å². The molecular weight excluding hydrogens is 262 g/mol. The molecule has 0 spiro atoms. The van der Waals surface area contributed by atoms with Gasteiger partial charge in [-0.2, -0.15) is 0 Å². The molecule has 1 saturated carbocycles. The van der Waals surface area contributed by atoms with E-state index >= 15 is 0 Å². The van der Waals surface area contributed by atoms with E-state index < -0.39 is 0 Å². The number of para-hydroxylation sites is 2. The van der Waals surface area contributed by atoms with Crippen molar-refractivity contribution in [2.45, 2.75) is 39.0 Å². The Morgan fingerprint density at radius 3 is 2.86 bits per heavy atom. The first kappa shape index (κ1) is 14.4. The number of fused-ring (bicyclic) bond motifs is 1. The van der Waals surface area contributed by atoms with Gasteiger partial charge in [-0.05, 0) is 50.2 Å². The van der Waals surface area contributed by atoms with Gasteiger partial charge in [-0.25, -0.2) is 0 Å².